The quantitative estimate of drug-likeness (QED) is 0.109. The number of esters is 2. The number of thioether (sulfide) groups is 1. The second-order valence-corrected chi connectivity index (χ2v) is 12.2. The third-order valence-electron chi connectivity index (χ3n) is 7.30. The molecule has 13 nitrogen and oxygen atoms in total. The highest BCUT2D eigenvalue weighted by Gasteiger charge is 2.69. The molecule has 1 saturated heterocycles. The first-order valence-electron chi connectivity index (χ1n) is 13.1. The largest absolute Gasteiger partial charge is 0.478 e. The number of carbonyl (C=O) groups excluding carboxylic acids is 3. The van der Waals surface area contributed by atoms with Gasteiger partial charge < -0.3 is 14.2 Å². The summed E-state index contributed by atoms with van der Waals surface area (Å²) in [5.74, 6) is -0.919. The zero-order valence-electron chi connectivity index (χ0n) is 22.4. The van der Waals surface area contributed by atoms with Gasteiger partial charge >= 0.3 is 11.9 Å². The Balaban J connectivity index is 1.24. The maximum atomic E-state index is 13.7. The summed E-state index contributed by atoms with van der Waals surface area (Å²) in [7, 11) is 0. The molecule has 4 heterocycles. The Morgan fingerprint density at radius 2 is 2.02 bits per heavy atom. The van der Waals surface area contributed by atoms with Crippen molar-refractivity contribution in [2.24, 2.45) is 0 Å². The fraction of sp³-hybridized carbons (Fsp3) is 0.370. The Morgan fingerprint density at radius 1 is 1.26 bits per heavy atom. The van der Waals surface area contributed by atoms with Crippen LogP contribution in [0.25, 0.3) is 5.78 Å². The van der Waals surface area contributed by atoms with E-state index >= 15 is 0 Å². The van der Waals surface area contributed by atoms with Gasteiger partial charge in [-0.15, -0.1) is 11.8 Å². The van der Waals surface area contributed by atoms with Crippen molar-refractivity contribution in [2.45, 2.75) is 55.5 Å². The zero-order chi connectivity index (χ0) is 29.8. The van der Waals surface area contributed by atoms with Crippen molar-refractivity contribution >= 4 is 57.0 Å². The lowest BCUT2D eigenvalue weighted by Crippen LogP contribution is -2.70. The van der Waals surface area contributed by atoms with Gasteiger partial charge in [0.05, 0.1) is 11.5 Å². The number of aromatic nitrogens is 3. The number of amides is 1. The number of ether oxygens (including phenoxy) is 3. The van der Waals surface area contributed by atoms with Crippen LogP contribution in [0, 0.1) is 10.1 Å². The van der Waals surface area contributed by atoms with Crippen molar-refractivity contribution in [1.82, 2.24) is 19.3 Å². The Bertz CT molecular complexity index is 1670. The standard InChI is InChI=1S/C27H24BrN5O8S/c1-3-39-22-17-5-4-6-19(17)31-11-18(29-26(31)30-22)21(41-14(2)34)27(28)24(36)32-20(13-42-25(27)32)23(35)40-12-15-7-9-16(10-8-15)33(37)38/h7-11,13,21,25H,3-6,12H2,1-2H3. The highest BCUT2D eigenvalue weighted by Crippen LogP contribution is 2.58. The zero-order valence-corrected chi connectivity index (χ0v) is 24.8. The van der Waals surface area contributed by atoms with Crippen molar-refractivity contribution in [3.8, 4) is 5.88 Å². The van der Waals surface area contributed by atoms with Crippen LogP contribution in [0.2, 0.25) is 0 Å². The van der Waals surface area contributed by atoms with E-state index < -0.39 is 38.6 Å². The minimum absolute atomic E-state index is 0.0457. The number of benzene rings is 1. The molecule has 3 aliphatic rings. The van der Waals surface area contributed by atoms with E-state index in [0.717, 1.165) is 30.5 Å². The Morgan fingerprint density at radius 3 is 2.71 bits per heavy atom. The van der Waals surface area contributed by atoms with E-state index in [9.17, 15) is 24.5 Å². The predicted octanol–water partition coefficient (Wildman–Crippen LogP) is 3.76. The molecule has 218 valence electrons. The lowest BCUT2D eigenvalue weighted by atomic mass is 9.89. The smallest absolute Gasteiger partial charge is 0.355 e. The summed E-state index contributed by atoms with van der Waals surface area (Å²) < 4.78 is 17.3. The number of aryl methyl sites for hydroxylation is 1. The van der Waals surface area contributed by atoms with Crippen molar-refractivity contribution in [2.75, 3.05) is 6.61 Å². The maximum Gasteiger partial charge on any atom is 0.355 e. The monoisotopic (exact) mass is 657 g/mol. The molecular weight excluding hydrogens is 634 g/mol. The third kappa shape index (κ3) is 4.51. The van der Waals surface area contributed by atoms with Crippen LogP contribution in [-0.4, -0.2) is 58.3 Å². The minimum Gasteiger partial charge on any atom is -0.478 e. The Kier molecular flexibility index (Phi) is 7.17. The third-order valence-corrected chi connectivity index (χ3v) is 9.99. The molecule has 0 N–H and O–H groups in total. The van der Waals surface area contributed by atoms with Gasteiger partial charge in [-0.1, -0.05) is 15.9 Å². The minimum atomic E-state index is -1.41. The van der Waals surface area contributed by atoms with Crippen LogP contribution >= 0.6 is 27.7 Å². The first-order valence-corrected chi connectivity index (χ1v) is 14.9. The van der Waals surface area contributed by atoms with Gasteiger partial charge in [0.25, 0.3) is 11.6 Å². The lowest BCUT2D eigenvalue weighted by molar-refractivity contribution is -0.384. The molecule has 3 aromatic rings. The number of halogens is 1. The van der Waals surface area contributed by atoms with E-state index in [1.165, 1.54) is 53.3 Å². The second kappa shape index (κ2) is 10.7. The van der Waals surface area contributed by atoms with Crippen LogP contribution in [0.15, 0.2) is 41.6 Å². The lowest BCUT2D eigenvalue weighted by Gasteiger charge is -2.51. The topological polar surface area (TPSA) is 155 Å². The molecule has 0 radical (unpaired) electrons. The molecule has 0 spiro atoms. The maximum absolute atomic E-state index is 13.7. The molecule has 2 aromatic heterocycles. The van der Waals surface area contributed by atoms with Crippen molar-refractivity contribution in [1.29, 1.82) is 0 Å². The van der Waals surface area contributed by atoms with Gasteiger partial charge in [-0.2, -0.15) is 4.98 Å². The van der Waals surface area contributed by atoms with E-state index in [-0.39, 0.29) is 18.0 Å². The fourth-order valence-corrected chi connectivity index (χ4v) is 7.65. The molecule has 0 saturated carbocycles. The molecule has 2 aliphatic heterocycles. The normalized spacial score (nSPS) is 21.3. The molecule has 1 aliphatic carbocycles. The van der Waals surface area contributed by atoms with E-state index in [1.807, 2.05) is 11.3 Å². The number of nitrogens with zero attached hydrogens (tertiary/aromatic N) is 5. The molecule has 6 rings (SSSR count). The first-order chi connectivity index (χ1) is 20.1. The van der Waals surface area contributed by atoms with Crippen molar-refractivity contribution in [3.63, 3.8) is 0 Å². The average Bonchev–Trinajstić information content (AvgIpc) is 3.71. The summed E-state index contributed by atoms with van der Waals surface area (Å²) in [5.41, 5.74) is 2.89. The molecule has 1 fully saturated rings. The number of alkyl halides is 1. The van der Waals surface area contributed by atoms with Gasteiger partial charge in [0.2, 0.25) is 11.7 Å². The highest BCUT2D eigenvalue weighted by molar-refractivity contribution is 9.10. The first kappa shape index (κ1) is 28.2. The molecule has 3 atom stereocenters. The number of hydrogen-bond donors (Lipinski definition) is 0. The highest BCUT2D eigenvalue weighted by atomic mass is 79.9. The van der Waals surface area contributed by atoms with Crippen LogP contribution in [-0.2, 0) is 43.3 Å². The van der Waals surface area contributed by atoms with Crippen LogP contribution in [0.4, 0.5) is 5.69 Å². The van der Waals surface area contributed by atoms with Crippen LogP contribution in [0.5, 0.6) is 5.88 Å². The summed E-state index contributed by atoms with van der Waals surface area (Å²) in [5, 5.41) is 11.8. The molecule has 0 bridgehead atoms. The molecule has 1 aromatic carbocycles. The van der Waals surface area contributed by atoms with Crippen molar-refractivity contribution < 1.29 is 33.5 Å². The SMILES string of the molecule is CCOc1nc2nc(C(OC(C)=O)C3(Br)C(=O)N4C(C(=O)OCc5ccc([N+](=O)[O-])cc5)=CSC43)cn2c2c1CCC2. The molecule has 1 amide bonds. The van der Waals surface area contributed by atoms with Gasteiger partial charge in [0, 0.05) is 41.9 Å². The summed E-state index contributed by atoms with van der Waals surface area (Å²) in [6, 6.07) is 5.62. The van der Waals surface area contributed by atoms with Crippen LogP contribution < -0.4 is 4.74 Å². The number of rotatable bonds is 9. The number of carbonyl (C=O) groups is 3. The van der Waals surface area contributed by atoms with Gasteiger partial charge in [-0.3, -0.25) is 29.0 Å². The van der Waals surface area contributed by atoms with E-state index in [1.54, 1.807) is 6.20 Å². The van der Waals surface area contributed by atoms with Crippen LogP contribution in [0.3, 0.4) is 0 Å². The number of imidazole rings is 1. The van der Waals surface area contributed by atoms with E-state index in [0.29, 0.717) is 29.5 Å². The second-order valence-electron chi connectivity index (χ2n) is 9.89. The average molecular weight is 658 g/mol. The van der Waals surface area contributed by atoms with E-state index in [4.69, 9.17) is 14.2 Å². The van der Waals surface area contributed by atoms with Gasteiger partial charge in [-0.25, -0.2) is 9.78 Å². The molecule has 42 heavy (non-hydrogen) atoms. The summed E-state index contributed by atoms with van der Waals surface area (Å²) >= 11 is 4.79. The number of hydrogen-bond acceptors (Lipinski definition) is 11. The Labute approximate surface area is 251 Å². The van der Waals surface area contributed by atoms with Crippen LogP contribution in [0.1, 0.15) is 48.9 Å². The van der Waals surface area contributed by atoms with Gasteiger partial charge in [0.1, 0.15) is 23.4 Å². The summed E-state index contributed by atoms with van der Waals surface area (Å²) in [6.45, 7) is 3.46. The van der Waals surface area contributed by atoms with Gasteiger partial charge in [0.15, 0.2) is 10.4 Å². The number of β-lactam (4-membered cyclic amide) rings is 1. The number of fused-ring (bicyclic) bond motifs is 4. The number of non-ortho nitro benzene ring substituents is 1. The summed E-state index contributed by atoms with van der Waals surface area (Å²) in [6.07, 6.45) is 3.20. The molecule has 15 heteroatoms. The summed E-state index contributed by atoms with van der Waals surface area (Å²) in [4.78, 5) is 59.7. The predicted molar refractivity (Wildman–Crippen MR) is 152 cm³/mol. The fourth-order valence-electron chi connectivity index (χ4n) is 5.38. The number of nitro groups is 1. The molecular formula is C27H24BrN5O8S. The van der Waals surface area contributed by atoms with E-state index in [2.05, 4.69) is 25.9 Å². The van der Waals surface area contributed by atoms with Crippen molar-refractivity contribution in [3.05, 3.63) is 74.2 Å². The Hall–Kier alpha value is -3.98. The number of nitro benzene ring substituents is 1. The molecule has 3 unspecified atom stereocenters. The van der Waals surface area contributed by atoms with Gasteiger partial charge in [-0.05, 0) is 43.9 Å².